The predicted octanol–water partition coefficient (Wildman–Crippen LogP) is 2.65. The van der Waals surface area contributed by atoms with Crippen LogP contribution in [-0.4, -0.2) is 31.3 Å². The number of anilines is 1. The Kier molecular flexibility index (Phi) is 4.76. The van der Waals surface area contributed by atoms with Crippen molar-refractivity contribution >= 4 is 33.6 Å². The van der Waals surface area contributed by atoms with E-state index < -0.39 is 0 Å². The molecule has 19 heavy (non-hydrogen) atoms. The molecule has 2 heterocycles. The Labute approximate surface area is 124 Å². The quantitative estimate of drug-likeness (QED) is 0.842. The van der Waals surface area contributed by atoms with Gasteiger partial charge in [-0.05, 0) is 41.0 Å². The molecule has 2 aromatic rings. The number of rotatable bonds is 5. The molecule has 0 aliphatic rings. The molecule has 2 aromatic heterocycles. The highest BCUT2D eigenvalue weighted by atomic mass is 79.9. The Morgan fingerprint density at radius 3 is 2.84 bits per heavy atom. The van der Waals surface area contributed by atoms with Gasteiger partial charge >= 0.3 is 0 Å². The Balaban J connectivity index is 2.21. The van der Waals surface area contributed by atoms with Crippen molar-refractivity contribution in [2.45, 2.75) is 30.5 Å². The lowest BCUT2D eigenvalue weighted by molar-refractivity contribution is 0.764. The van der Waals surface area contributed by atoms with Gasteiger partial charge in [0.2, 0.25) is 5.95 Å². The maximum atomic E-state index is 4.47. The molecule has 8 heteroatoms. The highest BCUT2D eigenvalue weighted by molar-refractivity contribution is 9.10. The molecule has 2 rings (SSSR count). The van der Waals surface area contributed by atoms with Crippen LogP contribution in [0.1, 0.15) is 19.2 Å². The van der Waals surface area contributed by atoms with Crippen molar-refractivity contribution in [1.82, 2.24) is 24.7 Å². The summed E-state index contributed by atoms with van der Waals surface area (Å²) in [7, 11) is 1.93. The van der Waals surface area contributed by atoms with Gasteiger partial charge in [0, 0.05) is 19.8 Å². The fourth-order valence-corrected chi connectivity index (χ4v) is 2.55. The number of halogens is 1. The number of nitrogens with zero attached hydrogens (tertiary/aromatic N) is 5. The second kappa shape index (κ2) is 6.33. The summed E-state index contributed by atoms with van der Waals surface area (Å²) in [4.78, 5) is 8.69. The normalized spacial score (nSPS) is 10.7. The van der Waals surface area contributed by atoms with Gasteiger partial charge < -0.3 is 9.88 Å². The van der Waals surface area contributed by atoms with E-state index in [1.165, 1.54) is 11.8 Å². The summed E-state index contributed by atoms with van der Waals surface area (Å²) in [6, 6.07) is 0. The van der Waals surface area contributed by atoms with Crippen molar-refractivity contribution < 1.29 is 0 Å². The van der Waals surface area contributed by atoms with Crippen LogP contribution in [0.5, 0.6) is 0 Å². The van der Waals surface area contributed by atoms with Crippen LogP contribution in [-0.2, 0) is 7.05 Å². The summed E-state index contributed by atoms with van der Waals surface area (Å²) in [5, 5.41) is 12.9. The molecular weight excluding hydrogens is 328 g/mol. The zero-order valence-electron chi connectivity index (χ0n) is 11.0. The molecule has 0 bridgehead atoms. The summed E-state index contributed by atoms with van der Waals surface area (Å²) in [6.07, 6.45) is 2.78. The van der Waals surface area contributed by atoms with Gasteiger partial charge in [0.1, 0.15) is 10.9 Å². The first-order valence-electron chi connectivity index (χ1n) is 5.92. The summed E-state index contributed by atoms with van der Waals surface area (Å²) >= 11 is 4.92. The second-order valence-electron chi connectivity index (χ2n) is 3.96. The molecule has 0 saturated heterocycles. The van der Waals surface area contributed by atoms with Crippen LogP contribution in [0.3, 0.4) is 0 Å². The minimum atomic E-state index is 0.631. The fourth-order valence-electron chi connectivity index (χ4n) is 1.31. The van der Waals surface area contributed by atoms with Gasteiger partial charge in [-0.3, -0.25) is 0 Å². The summed E-state index contributed by atoms with van der Waals surface area (Å²) in [6.45, 7) is 4.87. The zero-order chi connectivity index (χ0) is 13.8. The maximum Gasteiger partial charge on any atom is 0.223 e. The molecule has 0 saturated carbocycles. The molecule has 0 aliphatic heterocycles. The van der Waals surface area contributed by atoms with Crippen LogP contribution in [0, 0.1) is 6.92 Å². The van der Waals surface area contributed by atoms with E-state index in [2.05, 4.69) is 48.3 Å². The lowest BCUT2D eigenvalue weighted by Crippen LogP contribution is -2.05. The van der Waals surface area contributed by atoms with Crippen LogP contribution in [0.25, 0.3) is 0 Å². The molecule has 0 aromatic carbocycles. The number of hydrogen-bond acceptors (Lipinski definition) is 6. The summed E-state index contributed by atoms with van der Waals surface area (Å²) in [5.74, 6) is 1.50. The van der Waals surface area contributed by atoms with Crippen LogP contribution in [0.15, 0.2) is 20.9 Å². The summed E-state index contributed by atoms with van der Waals surface area (Å²) in [5.41, 5.74) is 0. The molecule has 0 amide bonds. The van der Waals surface area contributed by atoms with Gasteiger partial charge in [-0.2, -0.15) is 0 Å². The van der Waals surface area contributed by atoms with Crippen LogP contribution < -0.4 is 5.32 Å². The molecule has 1 N–H and O–H groups in total. The molecule has 6 nitrogen and oxygen atoms in total. The van der Waals surface area contributed by atoms with E-state index in [1.54, 1.807) is 6.20 Å². The molecule has 0 unspecified atom stereocenters. The molecular formula is C11H15BrN6S. The van der Waals surface area contributed by atoms with E-state index in [4.69, 9.17) is 0 Å². The minimum Gasteiger partial charge on any atom is -0.354 e. The van der Waals surface area contributed by atoms with Crippen LogP contribution in [0.4, 0.5) is 5.95 Å². The number of nitrogens with one attached hydrogen (secondary N) is 1. The van der Waals surface area contributed by atoms with Gasteiger partial charge in [-0.25, -0.2) is 9.97 Å². The van der Waals surface area contributed by atoms with E-state index in [-0.39, 0.29) is 0 Å². The lowest BCUT2D eigenvalue weighted by Gasteiger charge is -2.06. The first-order valence-corrected chi connectivity index (χ1v) is 7.53. The third-order valence-corrected chi connectivity index (χ3v) is 4.37. The molecule has 0 aliphatic carbocycles. The van der Waals surface area contributed by atoms with Gasteiger partial charge in [0.15, 0.2) is 5.16 Å². The van der Waals surface area contributed by atoms with E-state index in [9.17, 15) is 0 Å². The van der Waals surface area contributed by atoms with Crippen molar-refractivity contribution in [2.75, 3.05) is 11.9 Å². The average molecular weight is 343 g/mol. The topological polar surface area (TPSA) is 68.5 Å². The van der Waals surface area contributed by atoms with Crippen molar-refractivity contribution in [3.8, 4) is 0 Å². The van der Waals surface area contributed by atoms with Gasteiger partial charge in [0.25, 0.3) is 0 Å². The third-order valence-electron chi connectivity index (χ3n) is 2.49. The Morgan fingerprint density at radius 1 is 1.42 bits per heavy atom. The molecule has 0 fully saturated rings. The van der Waals surface area contributed by atoms with E-state index >= 15 is 0 Å². The SMILES string of the molecule is CCCNc1ncc(Br)c(Sc2nnc(C)n2C)n1. The number of aryl methyl sites for hydroxylation is 1. The summed E-state index contributed by atoms with van der Waals surface area (Å²) < 4.78 is 2.78. The highest BCUT2D eigenvalue weighted by Crippen LogP contribution is 2.30. The van der Waals surface area contributed by atoms with Gasteiger partial charge in [-0.15, -0.1) is 10.2 Å². The number of hydrogen-bond donors (Lipinski definition) is 1. The standard InChI is InChI=1S/C11H15BrN6S/c1-4-5-13-10-14-6-8(12)9(15-10)19-11-17-16-7(2)18(11)3/h6H,4-5H2,1-3H3,(H,13,14,15). The van der Waals surface area contributed by atoms with Gasteiger partial charge in [-0.1, -0.05) is 6.92 Å². The number of aromatic nitrogens is 5. The first kappa shape index (κ1) is 14.3. The van der Waals surface area contributed by atoms with E-state index in [0.29, 0.717) is 5.95 Å². The molecule has 0 atom stereocenters. The smallest absolute Gasteiger partial charge is 0.223 e. The van der Waals surface area contributed by atoms with E-state index in [1.807, 2.05) is 18.5 Å². The third kappa shape index (κ3) is 3.44. The lowest BCUT2D eigenvalue weighted by atomic mass is 10.5. The monoisotopic (exact) mass is 342 g/mol. The maximum absolute atomic E-state index is 4.47. The first-order chi connectivity index (χ1) is 9.11. The molecule has 0 spiro atoms. The Bertz CT molecular complexity index is 570. The highest BCUT2D eigenvalue weighted by Gasteiger charge is 2.12. The largest absolute Gasteiger partial charge is 0.354 e. The van der Waals surface area contributed by atoms with Crippen molar-refractivity contribution in [3.63, 3.8) is 0 Å². The van der Waals surface area contributed by atoms with Crippen LogP contribution >= 0.6 is 27.7 Å². The van der Waals surface area contributed by atoms with E-state index in [0.717, 1.165) is 33.4 Å². The van der Waals surface area contributed by atoms with Crippen molar-refractivity contribution in [2.24, 2.45) is 7.05 Å². The van der Waals surface area contributed by atoms with Crippen LogP contribution in [0.2, 0.25) is 0 Å². The van der Waals surface area contributed by atoms with Crippen molar-refractivity contribution in [1.29, 1.82) is 0 Å². The Morgan fingerprint density at radius 2 is 2.21 bits per heavy atom. The molecule has 102 valence electrons. The molecule has 0 radical (unpaired) electrons. The Hall–Kier alpha value is -1.15. The average Bonchev–Trinajstić information content (AvgIpc) is 2.71. The minimum absolute atomic E-state index is 0.631. The van der Waals surface area contributed by atoms with Crippen molar-refractivity contribution in [3.05, 3.63) is 16.5 Å². The predicted molar refractivity (Wildman–Crippen MR) is 78.4 cm³/mol. The fraction of sp³-hybridized carbons (Fsp3) is 0.455. The second-order valence-corrected chi connectivity index (χ2v) is 5.77. The zero-order valence-corrected chi connectivity index (χ0v) is 13.4. The van der Waals surface area contributed by atoms with Gasteiger partial charge in [0.05, 0.1) is 4.47 Å².